The summed E-state index contributed by atoms with van der Waals surface area (Å²) in [5.41, 5.74) is 8.86. The second-order valence-corrected chi connectivity index (χ2v) is 5.71. The van der Waals surface area contributed by atoms with E-state index in [9.17, 15) is 10.1 Å². The van der Waals surface area contributed by atoms with Crippen molar-refractivity contribution in [1.82, 2.24) is 0 Å². The van der Waals surface area contributed by atoms with Crippen molar-refractivity contribution in [2.24, 2.45) is 5.73 Å². The first-order chi connectivity index (χ1) is 10.9. The van der Waals surface area contributed by atoms with Crippen molar-refractivity contribution in [3.8, 4) is 11.8 Å². The van der Waals surface area contributed by atoms with E-state index >= 15 is 0 Å². The van der Waals surface area contributed by atoms with Crippen LogP contribution in [0.4, 0.5) is 0 Å². The Kier molecular flexibility index (Phi) is 3.45. The van der Waals surface area contributed by atoms with Crippen LogP contribution in [0.15, 0.2) is 44.9 Å². The van der Waals surface area contributed by atoms with Gasteiger partial charge >= 0.3 is 5.63 Å². The van der Waals surface area contributed by atoms with E-state index in [-0.39, 0.29) is 11.5 Å². The van der Waals surface area contributed by atoms with E-state index in [1.807, 2.05) is 32.0 Å². The fraction of sp³-hybridized carbons (Fsp3) is 0.222. The summed E-state index contributed by atoms with van der Waals surface area (Å²) in [6, 6.07) is 9.55. The van der Waals surface area contributed by atoms with Gasteiger partial charge in [-0.15, -0.1) is 0 Å². The number of aryl methyl sites for hydroxylation is 3. The fourth-order valence-corrected chi connectivity index (χ4v) is 2.98. The van der Waals surface area contributed by atoms with Gasteiger partial charge in [-0.1, -0.05) is 23.8 Å². The average molecular weight is 308 g/mol. The summed E-state index contributed by atoms with van der Waals surface area (Å²) in [6.45, 7) is 5.59. The fourth-order valence-electron chi connectivity index (χ4n) is 2.98. The first kappa shape index (κ1) is 14.9. The molecular weight excluding hydrogens is 292 g/mol. The lowest BCUT2D eigenvalue weighted by Crippen LogP contribution is -2.26. The van der Waals surface area contributed by atoms with Gasteiger partial charge in [0.15, 0.2) is 0 Å². The minimum Gasteiger partial charge on any atom is -0.440 e. The predicted octanol–water partition coefficient (Wildman–Crippen LogP) is 2.78. The Morgan fingerprint density at radius 3 is 2.61 bits per heavy atom. The molecule has 0 bridgehead atoms. The molecule has 2 heterocycles. The van der Waals surface area contributed by atoms with Crippen molar-refractivity contribution in [2.75, 3.05) is 0 Å². The third-order valence-electron chi connectivity index (χ3n) is 3.99. The Hall–Kier alpha value is -3.00. The van der Waals surface area contributed by atoms with Crippen LogP contribution < -0.4 is 16.1 Å². The molecule has 0 saturated carbocycles. The Morgan fingerprint density at radius 2 is 1.96 bits per heavy atom. The third kappa shape index (κ3) is 2.38. The molecule has 116 valence electrons. The zero-order valence-corrected chi connectivity index (χ0v) is 13.1. The molecule has 2 N–H and O–H groups in total. The number of hydrogen-bond acceptors (Lipinski definition) is 5. The Morgan fingerprint density at radius 1 is 1.22 bits per heavy atom. The maximum absolute atomic E-state index is 12.4. The smallest absolute Gasteiger partial charge is 0.343 e. The number of fused-ring (bicyclic) bond motifs is 1. The molecule has 0 amide bonds. The summed E-state index contributed by atoms with van der Waals surface area (Å²) >= 11 is 0. The number of allylic oxidation sites excluding steroid dienone is 1. The van der Waals surface area contributed by atoms with Gasteiger partial charge in [-0.25, -0.2) is 4.79 Å². The molecule has 0 unspecified atom stereocenters. The number of rotatable bonds is 1. The molecule has 0 aliphatic carbocycles. The van der Waals surface area contributed by atoms with Crippen LogP contribution in [0.1, 0.15) is 33.9 Å². The van der Waals surface area contributed by atoms with Gasteiger partial charge in [-0.3, -0.25) is 0 Å². The highest BCUT2D eigenvalue weighted by atomic mass is 16.5. The number of hydrogen-bond donors (Lipinski definition) is 1. The molecule has 5 nitrogen and oxygen atoms in total. The first-order valence-corrected chi connectivity index (χ1v) is 7.21. The lowest BCUT2D eigenvalue weighted by Gasteiger charge is -2.26. The van der Waals surface area contributed by atoms with E-state index < -0.39 is 11.5 Å². The molecule has 1 aliphatic rings. The molecule has 1 aliphatic heterocycles. The van der Waals surface area contributed by atoms with Gasteiger partial charge in [-0.2, -0.15) is 5.26 Å². The zero-order valence-electron chi connectivity index (χ0n) is 13.1. The van der Waals surface area contributed by atoms with E-state index in [1.165, 1.54) is 0 Å². The summed E-state index contributed by atoms with van der Waals surface area (Å²) in [4.78, 5) is 12.4. The van der Waals surface area contributed by atoms with Crippen molar-refractivity contribution in [3.05, 3.63) is 74.2 Å². The molecule has 1 aromatic carbocycles. The van der Waals surface area contributed by atoms with Crippen LogP contribution >= 0.6 is 0 Å². The molecule has 5 heteroatoms. The molecule has 0 spiro atoms. The number of ether oxygens (including phenoxy) is 1. The van der Waals surface area contributed by atoms with Crippen LogP contribution in [0.25, 0.3) is 0 Å². The number of nitriles is 1. The molecular formula is C18H16N2O3. The maximum atomic E-state index is 12.4. The normalized spacial score (nSPS) is 16.5. The SMILES string of the molecule is Cc1ccc([C@@H]2C(C#N)=C(N)Oc3cc(C)oc(=O)c32)c(C)c1. The maximum Gasteiger partial charge on any atom is 0.343 e. The summed E-state index contributed by atoms with van der Waals surface area (Å²) in [5.74, 6) is 0.220. The number of benzene rings is 1. The summed E-state index contributed by atoms with van der Waals surface area (Å²) in [6.07, 6.45) is 0. The van der Waals surface area contributed by atoms with Gasteiger partial charge in [0, 0.05) is 6.07 Å². The van der Waals surface area contributed by atoms with Gasteiger partial charge < -0.3 is 14.9 Å². The van der Waals surface area contributed by atoms with Crippen molar-refractivity contribution in [1.29, 1.82) is 5.26 Å². The van der Waals surface area contributed by atoms with Crippen LogP contribution in [0.3, 0.4) is 0 Å². The lowest BCUT2D eigenvalue weighted by molar-refractivity contribution is 0.371. The quantitative estimate of drug-likeness (QED) is 0.875. The van der Waals surface area contributed by atoms with Gasteiger partial charge in [0.2, 0.25) is 5.88 Å². The van der Waals surface area contributed by atoms with Crippen molar-refractivity contribution in [2.45, 2.75) is 26.7 Å². The highest BCUT2D eigenvalue weighted by Gasteiger charge is 2.34. The first-order valence-electron chi connectivity index (χ1n) is 7.21. The Balaban J connectivity index is 2.34. The average Bonchev–Trinajstić information content (AvgIpc) is 2.45. The van der Waals surface area contributed by atoms with E-state index in [4.69, 9.17) is 14.9 Å². The Bertz CT molecular complexity index is 932. The number of nitrogens with zero attached hydrogens (tertiary/aromatic N) is 1. The number of nitrogens with two attached hydrogens (primary N) is 1. The zero-order chi connectivity index (χ0) is 16.7. The monoisotopic (exact) mass is 308 g/mol. The van der Waals surface area contributed by atoms with E-state index in [0.29, 0.717) is 17.1 Å². The highest BCUT2D eigenvalue weighted by Crippen LogP contribution is 2.41. The van der Waals surface area contributed by atoms with Crippen LogP contribution in [-0.2, 0) is 0 Å². The van der Waals surface area contributed by atoms with Crippen molar-refractivity contribution >= 4 is 0 Å². The summed E-state index contributed by atoms with van der Waals surface area (Å²) in [5, 5.41) is 9.51. The second-order valence-electron chi connectivity index (χ2n) is 5.71. The summed E-state index contributed by atoms with van der Waals surface area (Å²) in [7, 11) is 0. The minimum absolute atomic E-state index is 0.0231. The minimum atomic E-state index is -0.582. The van der Waals surface area contributed by atoms with Gasteiger partial charge in [0.1, 0.15) is 23.2 Å². The van der Waals surface area contributed by atoms with Gasteiger partial charge in [-0.05, 0) is 31.9 Å². The molecule has 1 aromatic heterocycles. The molecule has 23 heavy (non-hydrogen) atoms. The topological polar surface area (TPSA) is 89.2 Å². The largest absolute Gasteiger partial charge is 0.440 e. The van der Waals surface area contributed by atoms with Crippen molar-refractivity contribution in [3.63, 3.8) is 0 Å². The van der Waals surface area contributed by atoms with Gasteiger partial charge in [0.25, 0.3) is 0 Å². The predicted molar refractivity (Wildman–Crippen MR) is 84.9 cm³/mol. The van der Waals surface area contributed by atoms with Gasteiger partial charge in [0.05, 0.1) is 11.5 Å². The van der Waals surface area contributed by atoms with E-state index in [0.717, 1.165) is 16.7 Å². The lowest BCUT2D eigenvalue weighted by atomic mass is 9.82. The second kappa shape index (κ2) is 5.33. The molecule has 2 aromatic rings. The standard InChI is InChI=1S/C18H16N2O3/c1-9-4-5-12(10(2)6-9)15-13(8-19)17(20)23-14-7-11(3)22-18(21)16(14)15/h4-7,15H,20H2,1-3H3/t15-/m1/s1. The van der Waals surface area contributed by atoms with E-state index in [1.54, 1.807) is 13.0 Å². The molecule has 1 atom stereocenters. The molecule has 0 saturated heterocycles. The Labute approximate surface area is 133 Å². The van der Waals surface area contributed by atoms with Crippen LogP contribution in [-0.4, -0.2) is 0 Å². The third-order valence-corrected chi connectivity index (χ3v) is 3.99. The van der Waals surface area contributed by atoms with Crippen LogP contribution in [0.5, 0.6) is 5.75 Å². The van der Waals surface area contributed by atoms with Crippen LogP contribution in [0, 0.1) is 32.1 Å². The molecule has 0 radical (unpaired) electrons. The molecule has 3 rings (SSSR count). The summed E-state index contributed by atoms with van der Waals surface area (Å²) < 4.78 is 10.7. The van der Waals surface area contributed by atoms with E-state index in [2.05, 4.69) is 6.07 Å². The van der Waals surface area contributed by atoms with Crippen molar-refractivity contribution < 1.29 is 9.15 Å². The van der Waals surface area contributed by atoms with Crippen LogP contribution in [0.2, 0.25) is 0 Å². The highest BCUT2D eigenvalue weighted by molar-refractivity contribution is 5.56. The molecule has 0 fully saturated rings.